The van der Waals surface area contributed by atoms with E-state index in [4.69, 9.17) is 10.5 Å². The summed E-state index contributed by atoms with van der Waals surface area (Å²) in [6, 6.07) is 4.84. The molecule has 0 bridgehead atoms. The fourth-order valence-electron chi connectivity index (χ4n) is 2.63. The quantitative estimate of drug-likeness (QED) is 0.833. The Bertz CT molecular complexity index is 467. The Labute approximate surface area is 131 Å². The van der Waals surface area contributed by atoms with Gasteiger partial charge in [0.1, 0.15) is 5.75 Å². The van der Waals surface area contributed by atoms with Crippen molar-refractivity contribution in [3.63, 3.8) is 0 Å². The fourth-order valence-corrected chi connectivity index (χ4v) is 4.01. The van der Waals surface area contributed by atoms with E-state index in [2.05, 4.69) is 56.7 Å². The number of ether oxygens (including phenoxy) is 1. The van der Waals surface area contributed by atoms with Crippen LogP contribution in [0.3, 0.4) is 0 Å². The van der Waals surface area contributed by atoms with E-state index < -0.39 is 0 Å². The minimum atomic E-state index is 0.294. The molecule has 1 heterocycles. The molecule has 5 heteroatoms. The molecule has 0 saturated carbocycles. The Hall–Kier alpha value is -0.260. The summed E-state index contributed by atoms with van der Waals surface area (Å²) in [6.45, 7) is 5.45. The van der Waals surface area contributed by atoms with Crippen LogP contribution in [-0.4, -0.2) is 25.7 Å². The van der Waals surface area contributed by atoms with Gasteiger partial charge in [0.15, 0.2) is 0 Å². The van der Waals surface area contributed by atoms with Crippen molar-refractivity contribution < 1.29 is 4.74 Å². The first-order valence-electron chi connectivity index (χ1n) is 6.51. The zero-order valence-electron chi connectivity index (χ0n) is 11.5. The van der Waals surface area contributed by atoms with Crippen molar-refractivity contribution in [2.75, 3.05) is 18.6 Å². The minimum Gasteiger partial charge on any atom is -0.495 e. The Balaban J connectivity index is 2.36. The fraction of sp³-hybridized carbons (Fsp3) is 0.571. The van der Waals surface area contributed by atoms with Crippen molar-refractivity contribution in [3.05, 3.63) is 21.1 Å². The topological polar surface area (TPSA) is 38.5 Å². The molecule has 1 aliphatic rings. The molecular formula is C14H20Br2N2O. The number of nitrogens with two attached hydrogens (primary N) is 1. The third-order valence-electron chi connectivity index (χ3n) is 4.16. The van der Waals surface area contributed by atoms with E-state index in [0.29, 0.717) is 18.0 Å². The SMILES string of the molecule is COc1cc(N2CCC(N)C(C)C2C)c(Br)cc1Br. The first-order chi connectivity index (χ1) is 8.95. The smallest absolute Gasteiger partial charge is 0.135 e. The molecule has 1 aromatic carbocycles. The van der Waals surface area contributed by atoms with Gasteiger partial charge < -0.3 is 15.4 Å². The number of anilines is 1. The second-order valence-corrected chi connectivity index (χ2v) is 6.89. The molecule has 3 nitrogen and oxygen atoms in total. The van der Waals surface area contributed by atoms with Crippen LogP contribution in [0.25, 0.3) is 0 Å². The summed E-state index contributed by atoms with van der Waals surface area (Å²) < 4.78 is 7.43. The molecule has 19 heavy (non-hydrogen) atoms. The van der Waals surface area contributed by atoms with Crippen molar-refractivity contribution >= 4 is 37.5 Å². The van der Waals surface area contributed by atoms with Gasteiger partial charge in [-0.3, -0.25) is 0 Å². The molecule has 2 N–H and O–H groups in total. The van der Waals surface area contributed by atoms with Gasteiger partial charge in [0.05, 0.1) is 17.3 Å². The summed E-state index contributed by atoms with van der Waals surface area (Å²) in [7, 11) is 1.69. The van der Waals surface area contributed by atoms with E-state index in [9.17, 15) is 0 Å². The predicted molar refractivity (Wildman–Crippen MR) is 87.0 cm³/mol. The van der Waals surface area contributed by atoms with E-state index >= 15 is 0 Å². The lowest BCUT2D eigenvalue weighted by Gasteiger charge is -2.43. The number of benzene rings is 1. The molecule has 1 aromatic rings. The third-order valence-corrected chi connectivity index (χ3v) is 5.42. The van der Waals surface area contributed by atoms with Crippen LogP contribution in [0.5, 0.6) is 5.75 Å². The van der Waals surface area contributed by atoms with Crippen LogP contribution in [0.4, 0.5) is 5.69 Å². The molecule has 3 unspecified atom stereocenters. The maximum atomic E-state index is 6.16. The lowest BCUT2D eigenvalue weighted by molar-refractivity contribution is 0.315. The average Bonchev–Trinajstić information content (AvgIpc) is 2.37. The molecule has 0 spiro atoms. The lowest BCUT2D eigenvalue weighted by atomic mass is 9.87. The normalized spacial score (nSPS) is 27.5. The number of methoxy groups -OCH3 is 1. The second-order valence-electron chi connectivity index (χ2n) is 5.18. The Morgan fingerprint density at radius 2 is 1.95 bits per heavy atom. The summed E-state index contributed by atoms with van der Waals surface area (Å²) in [5.41, 5.74) is 7.33. The van der Waals surface area contributed by atoms with Gasteiger partial charge in [0, 0.05) is 29.2 Å². The van der Waals surface area contributed by atoms with E-state index in [1.54, 1.807) is 7.11 Å². The molecule has 3 atom stereocenters. The van der Waals surface area contributed by atoms with Gasteiger partial charge >= 0.3 is 0 Å². The highest BCUT2D eigenvalue weighted by atomic mass is 79.9. The first-order valence-corrected chi connectivity index (χ1v) is 8.09. The van der Waals surface area contributed by atoms with Crippen LogP contribution in [0, 0.1) is 5.92 Å². The van der Waals surface area contributed by atoms with Crippen molar-refractivity contribution in [1.82, 2.24) is 0 Å². The van der Waals surface area contributed by atoms with Crippen molar-refractivity contribution in [2.24, 2.45) is 11.7 Å². The van der Waals surface area contributed by atoms with Crippen molar-refractivity contribution in [3.8, 4) is 5.75 Å². The van der Waals surface area contributed by atoms with E-state index in [1.165, 1.54) is 5.69 Å². The zero-order valence-corrected chi connectivity index (χ0v) is 14.7. The average molecular weight is 392 g/mol. The molecule has 2 rings (SSSR count). The second kappa shape index (κ2) is 6.02. The minimum absolute atomic E-state index is 0.294. The Morgan fingerprint density at radius 1 is 1.26 bits per heavy atom. The Morgan fingerprint density at radius 3 is 2.58 bits per heavy atom. The highest BCUT2D eigenvalue weighted by molar-refractivity contribution is 9.11. The summed E-state index contributed by atoms with van der Waals surface area (Å²) >= 11 is 7.16. The van der Waals surface area contributed by atoms with Gasteiger partial charge in [0.25, 0.3) is 0 Å². The number of nitrogens with zero attached hydrogens (tertiary/aromatic N) is 1. The number of hydrogen-bond donors (Lipinski definition) is 1. The van der Waals surface area contributed by atoms with Gasteiger partial charge in [-0.25, -0.2) is 0 Å². The van der Waals surface area contributed by atoms with Gasteiger partial charge in [0.2, 0.25) is 0 Å². The molecule has 1 aliphatic heterocycles. The molecular weight excluding hydrogens is 372 g/mol. The molecule has 106 valence electrons. The summed E-state index contributed by atoms with van der Waals surface area (Å²) in [6.07, 6.45) is 1.02. The maximum Gasteiger partial charge on any atom is 0.135 e. The lowest BCUT2D eigenvalue weighted by Crippen LogP contribution is -2.52. The molecule has 0 aromatic heterocycles. The van der Waals surface area contributed by atoms with Gasteiger partial charge in [-0.15, -0.1) is 0 Å². The third kappa shape index (κ3) is 2.93. The van der Waals surface area contributed by atoms with E-state index in [0.717, 1.165) is 27.7 Å². The predicted octanol–water partition coefficient (Wildman–Crippen LogP) is 3.78. The number of halogens is 2. The number of piperidine rings is 1. The van der Waals surface area contributed by atoms with Crippen LogP contribution >= 0.6 is 31.9 Å². The van der Waals surface area contributed by atoms with Crippen LogP contribution in [0.2, 0.25) is 0 Å². The maximum absolute atomic E-state index is 6.16. The molecule has 0 aliphatic carbocycles. The van der Waals surface area contributed by atoms with Crippen LogP contribution in [0.1, 0.15) is 20.3 Å². The van der Waals surface area contributed by atoms with Crippen LogP contribution in [-0.2, 0) is 0 Å². The largest absolute Gasteiger partial charge is 0.495 e. The first kappa shape index (κ1) is 15.1. The monoisotopic (exact) mass is 390 g/mol. The Kier molecular flexibility index (Phi) is 4.79. The van der Waals surface area contributed by atoms with Gasteiger partial charge in [-0.1, -0.05) is 6.92 Å². The van der Waals surface area contributed by atoms with Crippen LogP contribution in [0.15, 0.2) is 21.1 Å². The summed E-state index contributed by atoms with van der Waals surface area (Å²) in [4.78, 5) is 2.41. The van der Waals surface area contributed by atoms with Crippen LogP contribution < -0.4 is 15.4 Å². The van der Waals surface area contributed by atoms with Crippen molar-refractivity contribution in [2.45, 2.75) is 32.4 Å². The summed E-state index contributed by atoms with van der Waals surface area (Å²) in [5.74, 6) is 1.34. The number of hydrogen-bond acceptors (Lipinski definition) is 3. The van der Waals surface area contributed by atoms with Gasteiger partial charge in [-0.2, -0.15) is 0 Å². The van der Waals surface area contributed by atoms with Crippen molar-refractivity contribution in [1.29, 1.82) is 0 Å². The zero-order chi connectivity index (χ0) is 14.2. The number of rotatable bonds is 2. The van der Waals surface area contributed by atoms with E-state index in [-0.39, 0.29) is 0 Å². The van der Waals surface area contributed by atoms with E-state index in [1.807, 2.05) is 6.07 Å². The highest BCUT2D eigenvalue weighted by Gasteiger charge is 2.31. The molecule has 0 radical (unpaired) electrons. The standard InChI is InChI=1S/C14H20Br2N2O/c1-8-9(2)18(5-4-12(8)17)13-7-14(19-3)11(16)6-10(13)15/h6-9,12H,4-5,17H2,1-3H3. The molecule has 1 saturated heterocycles. The van der Waals surface area contributed by atoms with Gasteiger partial charge in [-0.05, 0) is 57.2 Å². The highest BCUT2D eigenvalue weighted by Crippen LogP contribution is 2.39. The molecule has 1 fully saturated rings. The molecule has 0 amide bonds. The summed E-state index contributed by atoms with van der Waals surface area (Å²) in [5, 5.41) is 0.